The monoisotopic (exact) mass is 226 g/mol. The highest BCUT2D eigenvalue weighted by molar-refractivity contribution is 6.30. The lowest BCUT2D eigenvalue weighted by Crippen LogP contribution is -2.39. The second-order valence-corrected chi connectivity index (χ2v) is 4.01. The second-order valence-electron chi connectivity index (χ2n) is 3.57. The van der Waals surface area contributed by atoms with Crippen molar-refractivity contribution >= 4 is 17.5 Å². The normalized spacial score (nSPS) is 14.4. The molecule has 0 heterocycles. The molecule has 0 saturated carbocycles. The average molecular weight is 227 g/mol. The predicted octanol–water partition coefficient (Wildman–Crippen LogP) is 1.86. The van der Waals surface area contributed by atoms with Crippen molar-refractivity contribution in [1.29, 1.82) is 0 Å². The van der Waals surface area contributed by atoms with E-state index < -0.39 is 6.04 Å². The van der Waals surface area contributed by atoms with Gasteiger partial charge in [0.15, 0.2) is 0 Å². The molecule has 3 nitrogen and oxygen atoms in total. The molecule has 2 atom stereocenters. The van der Waals surface area contributed by atoms with Crippen molar-refractivity contribution < 1.29 is 4.79 Å². The van der Waals surface area contributed by atoms with Gasteiger partial charge in [0.1, 0.15) is 0 Å². The molecule has 1 unspecified atom stereocenters. The van der Waals surface area contributed by atoms with Crippen LogP contribution in [-0.2, 0) is 4.79 Å². The fourth-order valence-electron chi connectivity index (χ4n) is 1.20. The molecular formula is C11H15ClN2O. The van der Waals surface area contributed by atoms with E-state index in [1.165, 1.54) is 0 Å². The Morgan fingerprint density at radius 2 is 2.13 bits per heavy atom. The smallest absolute Gasteiger partial charge is 0.237 e. The number of benzene rings is 1. The molecule has 0 spiro atoms. The summed E-state index contributed by atoms with van der Waals surface area (Å²) in [6.07, 6.45) is 0. The lowest BCUT2D eigenvalue weighted by molar-refractivity contribution is -0.122. The van der Waals surface area contributed by atoms with E-state index in [0.717, 1.165) is 5.56 Å². The van der Waals surface area contributed by atoms with Crippen molar-refractivity contribution in [2.24, 2.45) is 5.73 Å². The van der Waals surface area contributed by atoms with Gasteiger partial charge in [-0.3, -0.25) is 4.79 Å². The minimum atomic E-state index is -0.494. The van der Waals surface area contributed by atoms with Crippen LogP contribution in [0.3, 0.4) is 0 Å². The maximum absolute atomic E-state index is 11.3. The van der Waals surface area contributed by atoms with Crippen LogP contribution < -0.4 is 11.1 Å². The number of hydrogen-bond acceptors (Lipinski definition) is 2. The number of hydrogen-bond donors (Lipinski definition) is 2. The molecule has 0 aromatic heterocycles. The standard InChI is InChI=1S/C11H15ClN2O/c1-7(13)11(15)14-8(2)9-4-3-5-10(12)6-9/h3-8H,13H2,1-2H3,(H,14,15)/t7-,8?/m1/s1. The number of carbonyl (C=O) groups is 1. The number of amides is 1. The quantitative estimate of drug-likeness (QED) is 0.827. The van der Waals surface area contributed by atoms with E-state index in [-0.39, 0.29) is 11.9 Å². The Hall–Kier alpha value is -1.06. The van der Waals surface area contributed by atoms with Gasteiger partial charge in [0.2, 0.25) is 5.91 Å². The van der Waals surface area contributed by atoms with Crippen LogP contribution in [0.2, 0.25) is 5.02 Å². The largest absolute Gasteiger partial charge is 0.348 e. The van der Waals surface area contributed by atoms with Crippen molar-refractivity contribution in [2.75, 3.05) is 0 Å². The second kappa shape index (κ2) is 5.14. The molecule has 1 aromatic rings. The SMILES string of the molecule is CC(NC(=O)[C@@H](C)N)c1cccc(Cl)c1. The zero-order chi connectivity index (χ0) is 11.4. The topological polar surface area (TPSA) is 55.1 Å². The van der Waals surface area contributed by atoms with Gasteiger partial charge in [-0.25, -0.2) is 0 Å². The van der Waals surface area contributed by atoms with Crippen molar-refractivity contribution in [3.63, 3.8) is 0 Å². The Labute approximate surface area is 94.6 Å². The lowest BCUT2D eigenvalue weighted by Gasteiger charge is -2.16. The van der Waals surface area contributed by atoms with Crippen LogP contribution in [0.25, 0.3) is 0 Å². The van der Waals surface area contributed by atoms with Crippen LogP contribution in [0.5, 0.6) is 0 Å². The molecule has 0 saturated heterocycles. The van der Waals surface area contributed by atoms with Gasteiger partial charge in [-0.2, -0.15) is 0 Å². The summed E-state index contributed by atoms with van der Waals surface area (Å²) in [4.78, 5) is 11.3. The van der Waals surface area contributed by atoms with Gasteiger partial charge in [0, 0.05) is 5.02 Å². The molecular weight excluding hydrogens is 212 g/mol. The summed E-state index contributed by atoms with van der Waals surface area (Å²) in [6, 6.07) is 6.82. The number of nitrogens with one attached hydrogen (secondary N) is 1. The first-order valence-electron chi connectivity index (χ1n) is 4.82. The van der Waals surface area contributed by atoms with Crippen molar-refractivity contribution in [3.05, 3.63) is 34.9 Å². The maximum atomic E-state index is 11.3. The molecule has 0 aliphatic rings. The highest BCUT2D eigenvalue weighted by Gasteiger charge is 2.12. The minimum Gasteiger partial charge on any atom is -0.348 e. The Balaban J connectivity index is 2.69. The summed E-state index contributed by atoms with van der Waals surface area (Å²) < 4.78 is 0. The van der Waals surface area contributed by atoms with Gasteiger partial charge < -0.3 is 11.1 Å². The number of carbonyl (C=O) groups excluding carboxylic acids is 1. The maximum Gasteiger partial charge on any atom is 0.237 e. The summed E-state index contributed by atoms with van der Waals surface area (Å²) in [7, 11) is 0. The first-order valence-corrected chi connectivity index (χ1v) is 5.20. The molecule has 0 radical (unpaired) electrons. The third-order valence-corrected chi connectivity index (χ3v) is 2.36. The van der Waals surface area contributed by atoms with Gasteiger partial charge in [0.05, 0.1) is 12.1 Å². The van der Waals surface area contributed by atoms with E-state index >= 15 is 0 Å². The van der Waals surface area contributed by atoms with Crippen LogP contribution in [0.4, 0.5) is 0 Å². The minimum absolute atomic E-state index is 0.0813. The molecule has 15 heavy (non-hydrogen) atoms. The highest BCUT2D eigenvalue weighted by atomic mass is 35.5. The molecule has 0 bridgehead atoms. The first kappa shape index (κ1) is 12.0. The molecule has 0 aliphatic carbocycles. The molecule has 4 heteroatoms. The Kier molecular flexibility index (Phi) is 4.12. The van der Waals surface area contributed by atoms with Gasteiger partial charge >= 0.3 is 0 Å². The summed E-state index contributed by atoms with van der Waals surface area (Å²) in [6.45, 7) is 3.55. The predicted molar refractivity (Wildman–Crippen MR) is 61.7 cm³/mol. The summed E-state index contributed by atoms with van der Waals surface area (Å²) in [5, 5.41) is 3.46. The zero-order valence-corrected chi connectivity index (χ0v) is 9.58. The molecule has 82 valence electrons. The number of rotatable bonds is 3. The van der Waals surface area contributed by atoms with E-state index in [1.807, 2.05) is 25.1 Å². The van der Waals surface area contributed by atoms with Crippen molar-refractivity contribution in [2.45, 2.75) is 25.9 Å². The summed E-state index contributed by atoms with van der Waals surface area (Å²) in [5.41, 5.74) is 6.42. The third-order valence-electron chi connectivity index (χ3n) is 2.12. The Morgan fingerprint density at radius 3 is 2.67 bits per heavy atom. The van der Waals surface area contributed by atoms with Crippen LogP contribution >= 0.6 is 11.6 Å². The highest BCUT2D eigenvalue weighted by Crippen LogP contribution is 2.17. The van der Waals surface area contributed by atoms with Gasteiger partial charge in [0.25, 0.3) is 0 Å². The molecule has 0 fully saturated rings. The van der Waals surface area contributed by atoms with Gasteiger partial charge in [-0.1, -0.05) is 23.7 Å². The van der Waals surface area contributed by atoms with E-state index in [9.17, 15) is 4.79 Å². The van der Waals surface area contributed by atoms with Gasteiger partial charge in [-0.15, -0.1) is 0 Å². The lowest BCUT2D eigenvalue weighted by atomic mass is 10.1. The van der Waals surface area contributed by atoms with Crippen LogP contribution in [0, 0.1) is 0 Å². The summed E-state index contributed by atoms with van der Waals surface area (Å²) >= 11 is 5.85. The molecule has 1 rings (SSSR count). The first-order chi connectivity index (χ1) is 7.00. The molecule has 0 aliphatic heterocycles. The molecule has 1 aromatic carbocycles. The van der Waals surface area contributed by atoms with Crippen LogP contribution in [-0.4, -0.2) is 11.9 Å². The fraction of sp³-hybridized carbons (Fsp3) is 0.364. The Morgan fingerprint density at radius 1 is 1.47 bits per heavy atom. The Bertz CT molecular complexity index is 352. The van der Waals surface area contributed by atoms with Crippen LogP contribution in [0.1, 0.15) is 25.5 Å². The third kappa shape index (κ3) is 3.53. The van der Waals surface area contributed by atoms with Crippen LogP contribution in [0.15, 0.2) is 24.3 Å². The zero-order valence-electron chi connectivity index (χ0n) is 8.83. The van der Waals surface area contributed by atoms with E-state index in [1.54, 1.807) is 13.0 Å². The molecule has 1 amide bonds. The average Bonchev–Trinajstić information content (AvgIpc) is 2.17. The number of halogens is 1. The van der Waals surface area contributed by atoms with E-state index in [2.05, 4.69) is 5.32 Å². The summed E-state index contributed by atoms with van der Waals surface area (Å²) in [5.74, 6) is -0.164. The van der Waals surface area contributed by atoms with Crippen molar-refractivity contribution in [1.82, 2.24) is 5.32 Å². The molecule has 3 N–H and O–H groups in total. The fourth-order valence-corrected chi connectivity index (χ4v) is 1.40. The number of nitrogens with two attached hydrogens (primary N) is 1. The van der Waals surface area contributed by atoms with E-state index in [4.69, 9.17) is 17.3 Å². The van der Waals surface area contributed by atoms with Gasteiger partial charge in [-0.05, 0) is 31.5 Å². The van der Waals surface area contributed by atoms with E-state index in [0.29, 0.717) is 5.02 Å². The van der Waals surface area contributed by atoms with Crippen molar-refractivity contribution in [3.8, 4) is 0 Å².